The van der Waals surface area contributed by atoms with E-state index in [0.717, 1.165) is 44.9 Å². The first-order valence-corrected chi connectivity index (χ1v) is 25.3. The molecular weight excluding hydrogens is 777 g/mol. The zero-order valence-electron chi connectivity index (χ0n) is 37.3. The fraction of sp³-hybridized carbons (Fsp3) is 0.935. The minimum absolute atomic E-state index is 0.0373. The zero-order chi connectivity index (χ0) is 43.2. The zero-order valence-corrected chi connectivity index (χ0v) is 38.1. The van der Waals surface area contributed by atoms with Crippen molar-refractivity contribution in [2.75, 3.05) is 26.4 Å². The molecule has 0 amide bonds. The number of hydrogen-bond acceptors (Lipinski definition) is 11. The van der Waals surface area contributed by atoms with Gasteiger partial charge in [0.05, 0.1) is 19.8 Å². The van der Waals surface area contributed by atoms with Crippen molar-refractivity contribution in [2.45, 2.75) is 250 Å². The minimum Gasteiger partial charge on any atom is -0.457 e. The predicted molar refractivity (Wildman–Crippen MR) is 234 cm³/mol. The molecule has 4 N–H and O–H groups in total. The van der Waals surface area contributed by atoms with Gasteiger partial charge < -0.3 is 34.3 Å². The molecule has 12 nitrogen and oxygen atoms in total. The Labute approximate surface area is 359 Å². The average molecular weight is 865 g/mol. The molecule has 0 aromatic heterocycles. The standard InChI is InChI=1S/C46H88O12S/c1-3-5-7-9-11-13-15-17-19-21-23-25-27-29-31-33-35-42(48)56-40(39-55-46-44(50)45(58-59(51,52)53)43(49)41(37-47)57-46)38-54-36-34-32-30-28-26-24-22-20-18-16-14-12-10-8-6-4-2/h18,20,40-41,43-47,49-50H,3-17,19,21-39H2,1-2H3,(H,51,52,53)/b20-18-. The summed E-state index contributed by atoms with van der Waals surface area (Å²) in [6.45, 7) is 4.00. The second-order valence-corrected chi connectivity index (χ2v) is 17.8. The van der Waals surface area contributed by atoms with Gasteiger partial charge in [-0.2, -0.15) is 8.42 Å². The van der Waals surface area contributed by atoms with Crippen molar-refractivity contribution >= 4 is 16.4 Å². The molecule has 1 aliphatic heterocycles. The van der Waals surface area contributed by atoms with Crippen LogP contribution in [0, 0.1) is 0 Å². The first-order valence-electron chi connectivity index (χ1n) is 23.9. The maximum Gasteiger partial charge on any atom is 0.397 e. The number of esters is 1. The van der Waals surface area contributed by atoms with Gasteiger partial charge in [0.25, 0.3) is 0 Å². The van der Waals surface area contributed by atoms with Crippen LogP contribution in [0.15, 0.2) is 12.2 Å². The lowest BCUT2D eigenvalue weighted by Gasteiger charge is -2.41. The largest absolute Gasteiger partial charge is 0.457 e. The number of unbranched alkanes of at least 4 members (excludes halogenated alkanes) is 27. The normalized spacial score (nSPS) is 20.4. The molecule has 59 heavy (non-hydrogen) atoms. The third kappa shape index (κ3) is 32.2. The number of carbonyl (C=O) groups is 1. The van der Waals surface area contributed by atoms with Crippen LogP contribution in [0.5, 0.6) is 0 Å². The number of hydrogen-bond donors (Lipinski definition) is 4. The molecule has 1 fully saturated rings. The molecule has 0 aromatic carbocycles. The van der Waals surface area contributed by atoms with Gasteiger partial charge in [-0.15, -0.1) is 0 Å². The molecule has 0 bridgehead atoms. The second kappa shape index (κ2) is 38.5. The number of aliphatic hydroxyl groups is 3. The van der Waals surface area contributed by atoms with Crippen LogP contribution in [0.2, 0.25) is 0 Å². The summed E-state index contributed by atoms with van der Waals surface area (Å²) in [5, 5.41) is 30.7. The molecule has 1 rings (SSSR count). The molecular formula is C46H88O12S. The lowest BCUT2D eigenvalue weighted by Crippen LogP contribution is -2.60. The van der Waals surface area contributed by atoms with Crippen LogP contribution < -0.4 is 0 Å². The Morgan fingerprint density at radius 3 is 1.53 bits per heavy atom. The monoisotopic (exact) mass is 865 g/mol. The SMILES string of the molecule is CCCCCCCC/C=C\CCCCCCCCOCC(COC1OC(CO)C(O)C(OS(=O)(=O)O)C1O)OC(=O)CCCCCCCCCCCCCCCCCC. The lowest BCUT2D eigenvalue weighted by atomic mass is 9.99. The van der Waals surface area contributed by atoms with Crippen molar-refractivity contribution in [2.24, 2.45) is 0 Å². The number of ether oxygens (including phenoxy) is 4. The summed E-state index contributed by atoms with van der Waals surface area (Å²) in [4.78, 5) is 12.9. The first kappa shape index (κ1) is 55.9. The smallest absolute Gasteiger partial charge is 0.397 e. The highest BCUT2D eigenvalue weighted by molar-refractivity contribution is 7.80. The Morgan fingerprint density at radius 2 is 1.07 bits per heavy atom. The van der Waals surface area contributed by atoms with E-state index >= 15 is 0 Å². The van der Waals surface area contributed by atoms with Gasteiger partial charge >= 0.3 is 16.4 Å². The average Bonchev–Trinajstić information content (AvgIpc) is 3.20. The number of allylic oxidation sites excluding steroid dienone is 2. The van der Waals surface area contributed by atoms with Crippen molar-refractivity contribution in [3.63, 3.8) is 0 Å². The molecule has 1 saturated heterocycles. The van der Waals surface area contributed by atoms with Crippen LogP contribution in [0.3, 0.4) is 0 Å². The molecule has 0 aromatic rings. The number of carbonyl (C=O) groups excluding carboxylic acids is 1. The summed E-state index contributed by atoms with van der Waals surface area (Å²) in [6, 6.07) is 0. The molecule has 6 atom stereocenters. The summed E-state index contributed by atoms with van der Waals surface area (Å²) < 4.78 is 59.1. The summed E-state index contributed by atoms with van der Waals surface area (Å²) in [6.07, 6.45) is 32.4. The molecule has 0 saturated carbocycles. The summed E-state index contributed by atoms with van der Waals surface area (Å²) in [7, 11) is -5.06. The van der Waals surface area contributed by atoms with Crippen LogP contribution in [0.4, 0.5) is 0 Å². The Kier molecular flexibility index (Phi) is 36.5. The van der Waals surface area contributed by atoms with Crippen LogP contribution in [-0.4, -0.2) is 97.5 Å². The van der Waals surface area contributed by atoms with E-state index in [1.165, 1.54) is 141 Å². The van der Waals surface area contributed by atoms with Gasteiger partial charge in [0.2, 0.25) is 0 Å². The highest BCUT2D eigenvalue weighted by Gasteiger charge is 2.48. The van der Waals surface area contributed by atoms with E-state index < -0.39 is 59.8 Å². The van der Waals surface area contributed by atoms with E-state index in [2.05, 4.69) is 30.2 Å². The van der Waals surface area contributed by atoms with Crippen molar-refractivity contribution in [1.29, 1.82) is 0 Å². The van der Waals surface area contributed by atoms with Crippen LogP contribution in [-0.2, 0) is 38.3 Å². The van der Waals surface area contributed by atoms with Gasteiger partial charge in [-0.1, -0.05) is 180 Å². The van der Waals surface area contributed by atoms with Gasteiger partial charge in [-0.25, -0.2) is 4.18 Å². The Bertz CT molecular complexity index is 1090. The van der Waals surface area contributed by atoms with Gasteiger partial charge in [0, 0.05) is 13.0 Å². The van der Waals surface area contributed by atoms with E-state index in [0.29, 0.717) is 13.0 Å². The van der Waals surface area contributed by atoms with E-state index in [4.69, 9.17) is 23.5 Å². The first-order chi connectivity index (χ1) is 28.6. The van der Waals surface area contributed by atoms with Gasteiger partial charge in [-0.3, -0.25) is 9.35 Å². The predicted octanol–water partition coefficient (Wildman–Crippen LogP) is 10.2. The quantitative estimate of drug-likeness (QED) is 0.0198. The second-order valence-electron chi connectivity index (χ2n) is 16.7. The van der Waals surface area contributed by atoms with E-state index in [1.54, 1.807) is 0 Å². The molecule has 6 unspecified atom stereocenters. The molecule has 13 heteroatoms. The minimum atomic E-state index is -5.06. The van der Waals surface area contributed by atoms with Crippen molar-refractivity contribution in [1.82, 2.24) is 0 Å². The molecule has 0 aliphatic carbocycles. The van der Waals surface area contributed by atoms with Crippen molar-refractivity contribution < 1.29 is 56.2 Å². The third-order valence-corrected chi connectivity index (χ3v) is 11.6. The third-order valence-electron chi connectivity index (χ3n) is 11.1. The van der Waals surface area contributed by atoms with E-state index in [9.17, 15) is 28.5 Å². The Balaban J connectivity index is 2.40. The number of rotatable bonds is 42. The van der Waals surface area contributed by atoms with Gasteiger partial charge in [0.1, 0.15) is 30.5 Å². The molecule has 350 valence electrons. The van der Waals surface area contributed by atoms with Crippen molar-refractivity contribution in [3.8, 4) is 0 Å². The topological polar surface area (TPSA) is 178 Å². The fourth-order valence-electron chi connectivity index (χ4n) is 7.49. The molecule has 1 aliphatic rings. The van der Waals surface area contributed by atoms with E-state index in [-0.39, 0.29) is 19.6 Å². The molecule has 1 heterocycles. The fourth-order valence-corrected chi connectivity index (χ4v) is 8.00. The van der Waals surface area contributed by atoms with Crippen LogP contribution in [0.25, 0.3) is 0 Å². The maximum absolute atomic E-state index is 12.9. The Hall–Kier alpha value is -1.16. The highest BCUT2D eigenvalue weighted by atomic mass is 32.3. The Morgan fingerprint density at radius 1 is 0.627 bits per heavy atom. The van der Waals surface area contributed by atoms with E-state index in [1.807, 2.05) is 0 Å². The maximum atomic E-state index is 12.9. The molecule has 0 radical (unpaired) electrons. The highest BCUT2D eigenvalue weighted by Crippen LogP contribution is 2.26. The summed E-state index contributed by atoms with van der Waals surface area (Å²) >= 11 is 0. The summed E-state index contributed by atoms with van der Waals surface area (Å²) in [5.74, 6) is -0.397. The van der Waals surface area contributed by atoms with Gasteiger partial charge in [0.15, 0.2) is 6.29 Å². The lowest BCUT2D eigenvalue weighted by molar-refractivity contribution is -0.301. The summed E-state index contributed by atoms with van der Waals surface area (Å²) in [5.41, 5.74) is 0. The van der Waals surface area contributed by atoms with Crippen LogP contribution >= 0.6 is 0 Å². The molecule has 0 spiro atoms. The van der Waals surface area contributed by atoms with Gasteiger partial charge in [-0.05, 0) is 38.5 Å². The van der Waals surface area contributed by atoms with Crippen molar-refractivity contribution in [3.05, 3.63) is 12.2 Å². The number of aliphatic hydroxyl groups excluding tert-OH is 3. The van der Waals surface area contributed by atoms with Crippen LogP contribution in [0.1, 0.15) is 213 Å².